The molecular formula is C20H19F2NO4S. The standard InChI is InChI=1S/C20H19F2NO4S/c21-15-6-4-14(5-7-15)20(25)16(18(24)11-12-1-2-12)9-13-3-8-19(17(22)10-13)28(23,26)27/h3-8,10,12,16H,1-2,9,11H2,(H2,23,26,27). The Kier molecular flexibility index (Phi) is 5.71. The lowest BCUT2D eigenvalue weighted by Gasteiger charge is -2.16. The van der Waals surface area contributed by atoms with Crippen molar-refractivity contribution < 1.29 is 26.8 Å². The Hall–Kier alpha value is -2.45. The highest BCUT2D eigenvalue weighted by molar-refractivity contribution is 7.89. The fourth-order valence-electron chi connectivity index (χ4n) is 3.05. The highest BCUT2D eigenvalue weighted by atomic mass is 32.2. The molecule has 1 aliphatic rings. The van der Waals surface area contributed by atoms with Crippen molar-refractivity contribution in [1.29, 1.82) is 0 Å². The Balaban J connectivity index is 1.88. The van der Waals surface area contributed by atoms with Crippen LogP contribution in [-0.2, 0) is 21.2 Å². The minimum atomic E-state index is -4.21. The monoisotopic (exact) mass is 407 g/mol. The predicted octanol–water partition coefficient (Wildman–Crippen LogP) is 3.02. The summed E-state index contributed by atoms with van der Waals surface area (Å²) in [6, 6.07) is 8.20. The molecule has 8 heteroatoms. The van der Waals surface area contributed by atoms with Crippen LogP contribution in [0.3, 0.4) is 0 Å². The number of nitrogens with two attached hydrogens (primary N) is 1. The van der Waals surface area contributed by atoms with E-state index in [0.717, 1.165) is 37.1 Å². The summed E-state index contributed by atoms with van der Waals surface area (Å²) in [6.45, 7) is 0. The van der Waals surface area contributed by atoms with Gasteiger partial charge >= 0.3 is 0 Å². The number of Topliss-reactive ketones (excluding diaryl/α,β-unsaturated/α-hetero) is 2. The predicted molar refractivity (Wildman–Crippen MR) is 98.0 cm³/mol. The van der Waals surface area contributed by atoms with E-state index in [0.29, 0.717) is 5.56 Å². The van der Waals surface area contributed by atoms with Crippen molar-refractivity contribution in [3.05, 3.63) is 65.2 Å². The summed E-state index contributed by atoms with van der Waals surface area (Å²) in [7, 11) is -4.21. The largest absolute Gasteiger partial charge is 0.299 e. The molecule has 1 fully saturated rings. The molecule has 1 unspecified atom stereocenters. The summed E-state index contributed by atoms with van der Waals surface area (Å²) in [5, 5.41) is 4.95. The normalized spacial score (nSPS) is 15.2. The van der Waals surface area contributed by atoms with Gasteiger partial charge in [-0.3, -0.25) is 9.59 Å². The third-order valence-corrected chi connectivity index (χ3v) is 5.71. The number of hydrogen-bond donors (Lipinski definition) is 1. The number of halogens is 2. The first-order valence-electron chi connectivity index (χ1n) is 8.79. The van der Waals surface area contributed by atoms with E-state index >= 15 is 0 Å². The minimum absolute atomic E-state index is 0.0798. The first-order valence-corrected chi connectivity index (χ1v) is 10.3. The van der Waals surface area contributed by atoms with E-state index in [1.165, 1.54) is 18.2 Å². The van der Waals surface area contributed by atoms with Crippen LogP contribution in [0.4, 0.5) is 8.78 Å². The summed E-state index contributed by atoms with van der Waals surface area (Å²) in [5.74, 6) is -3.06. The topological polar surface area (TPSA) is 94.3 Å². The highest BCUT2D eigenvalue weighted by Crippen LogP contribution is 2.34. The van der Waals surface area contributed by atoms with Crippen molar-refractivity contribution in [2.45, 2.75) is 30.6 Å². The molecule has 0 aliphatic heterocycles. The van der Waals surface area contributed by atoms with Gasteiger partial charge in [-0.05, 0) is 67.1 Å². The molecule has 0 amide bonds. The van der Waals surface area contributed by atoms with Crippen LogP contribution in [0.1, 0.15) is 35.2 Å². The second-order valence-electron chi connectivity index (χ2n) is 7.05. The number of sulfonamides is 1. The summed E-state index contributed by atoms with van der Waals surface area (Å²) < 4.78 is 49.9. The molecule has 0 spiro atoms. The van der Waals surface area contributed by atoms with Gasteiger partial charge in [-0.25, -0.2) is 22.3 Å². The average Bonchev–Trinajstić information content (AvgIpc) is 3.42. The lowest BCUT2D eigenvalue weighted by Crippen LogP contribution is -2.27. The SMILES string of the molecule is NS(=O)(=O)c1ccc(CC(C(=O)CC2CC2)C(=O)c2ccc(F)cc2)cc1F. The van der Waals surface area contributed by atoms with E-state index in [-0.39, 0.29) is 30.1 Å². The second-order valence-corrected chi connectivity index (χ2v) is 8.58. The van der Waals surface area contributed by atoms with Crippen LogP contribution in [0.5, 0.6) is 0 Å². The molecule has 1 atom stereocenters. The fraction of sp³-hybridized carbons (Fsp3) is 0.300. The Morgan fingerprint density at radius 1 is 1.07 bits per heavy atom. The molecule has 0 bridgehead atoms. The molecule has 28 heavy (non-hydrogen) atoms. The third-order valence-electron chi connectivity index (χ3n) is 4.76. The van der Waals surface area contributed by atoms with Crippen molar-refractivity contribution in [2.75, 3.05) is 0 Å². The molecule has 0 aromatic heterocycles. The molecule has 1 saturated carbocycles. The maximum atomic E-state index is 14.1. The summed E-state index contributed by atoms with van der Waals surface area (Å²) in [5.41, 5.74) is 0.492. The van der Waals surface area contributed by atoms with Gasteiger partial charge in [-0.1, -0.05) is 6.07 Å². The molecule has 1 aliphatic carbocycles. The van der Waals surface area contributed by atoms with Crippen LogP contribution in [-0.4, -0.2) is 20.0 Å². The van der Waals surface area contributed by atoms with E-state index in [4.69, 9.17) is 5.14 Å². The summed E-state index contributed by atoms with van der Waals surface area (Å²) in [6.07, 6.45) is 2.04. The molecule has 2 aromatic rings. The molecule has 0 radical (unpaired) electrons. The highest BCUT2D eigenvalue weighted by Gasteiger charge is 2.33. The van der Waals surface area contributed by atoms with Crippen LogP contribution in [0.2, 0.25) is 0 Å². The van der Waals surface area contributed by atoms with Gasteiger partial charge in [0.05, 0.1) is 5.92 Å². The van der Waals surface area contributed by atoms with Crippen LogP contribution in [0.15, 0.2) is 47.4 Å². The van der Waals surface area contributed by atoms with Crippen molar-refractivity contribution in [1.82, 2.24) is 0 Å². The van der Waals surface area contributed by atoms with Crippen LogP contribution >= 0.6 is 0 Å². The Bertz CT molecular complexity index is 1020. The summed E-state index contributed by atoms with van der Waals surface area (Å²) >= 11 is 0. The van der Waals surface area contributed by atoms with Gasteiger partial charge in [0, 0.05) is 12.0 Å². The Morgan fingerprint density at radius 2 is 1.71 bits per heavy atom. The van der Waals surface area contributed by atoms with Gasteiger partial charge in [-0.2, -0.15) is 0 Å². The van der Waals surface area contributed by atoms with E-state index in [9.17, 15) is 26.8 Å². The van der Waals surface area contributed by atoms with Crippen LogP contribution in [0, 0.1) is 23.5 Å². The molecule has 0 heterocycles. The van der Waals surface area contributed by atoms with Crippen molar-refractivity contribution in [2.24, 2.45) is 17.0 Å². The number of rotatable bonds is 8. The maximum absolute atomic E-state index is 14.1. The van der Waals surface area contributed by atoms with Crippen LogP contribution < -0.4 is 5.14 Å². The molecule has 2 aromatic carbocycles. The number of carbonyl (C=O) groups excluding carboxylic acids is 2. The second kappa shape index (κ2) is 7.89. The Labute approximate surface area is 161 Å². The zero-order valence-electron chi connectivity index (χ0n) is 14.9. The molecule has 5 nitrogen and oxygen atoms in total. The fourth-order valence-corrected chi connectivity index (χ4v) is 3.64. The van der Waals surface area contributed by atoms with Crippen LogP contribution in [0.25, 0.3) is 0 Å². The lowest BCUT2D eigenvalue weighted by molar-refractivity contribution is -0.121. The van der Waals surface area contributed by atoms with E-state index in [1.54, 1.807) is 0 Å². The third kappa shape index (κ3) is 4.88. The number of benzene rings is 2. The van der Waals surface area contributed by atoms with Gasteiger partial charge in [0.15, 0.2) is 5.78 Å². The number of carbonyl (C=O) groups is 2. The first-order chi connectivity index (χ1) is 13.1. The van der Waals surface area contributed by atoms with Gasteiger partial charge in [0.25, 0.3) is 0 Å². The molecule has 2 N–H and O–H groups in total. The van der Waals surface area contributed by atoms with Gasteiger partial charge < -0.3 is 0 Å². The van der Waals surface area contributed by atoms with E-state index < -0.39 is 38.3 Å². The first kappa shape index (κ1) is 20.3. The Morgan fingerprint density at radius 3 is 2.25 bits per heavy atom. The molecule has 0 saturated heterocycles. The summed E-state index contributed by atoms with van der Waals surface area (Å²) in [4.78, 5) is 24.9. The van der Waals surface area contributed by atoms with Gasteiger partial charge in [0.2, 0.25) is 10.0 Å². The number of hydrogen-bond acceptors (Lipinski definition) is 4. The van der Waals surface area contributed by atoms with E-state index in [1.807, 2.05) is 0 Å². The molecule has 148 valence electrons. The maximum Gasteiger partial charge on any atom is 0.240 e. The molecular weight excluding hydrogens is 388 g/mol. The van der Waals surface area contributed by atoms with Gasteiger partial charge in [-0.15, -0.1) is 0 Å². The zero-order chi connectivity index (χ0) is 20.5. The van der Waals surface area contributed by atoms with Crippen molar-refractivity contribution in [3.8, 4) is 0 Å². The number of ketones is 2. The average molecular weight is 407 g/mol. The lowest BCUT2D eigenvalue weighted by atomic mass is 9.86. The number of primary sulfonamides is 1. The molecule has 3 rings (SSSR count). The zero-order valence-corrected chi connectivity index (χ0v) is 15.7. The van der Waals surface area contributed by atoms with Gasteiger partial charge in [0.1, 0.15) is 22.3 Å². The smallest absolute Gasteiger partial charge is 0.240 e. The quantitative estimate of drug-likeness (QED) is 0.538. The minimum Gasteiger partial charge on any atom is -0.299 e. The van der Waals surface area contributed by atoms with E-state index in [2.05, 4.69) is 0 Å². The van der Waals surface area contributed by atoms with Crippen molar-refractivity contribution >= 4 is 21.6 Å². The van der Waals surface area contributed by atoms with Crippen molar-refractivity contribution in [3.63, 3.8) is 0 Å².